The Morgan fingerprint density at radius 1 is 1.00 bits per heavy atom. The van der Waals surface area contributed by atoms with E-state index in [0.29, 0.717) is 5.30 Å². The third-order valence-corrected chi connectivity index (χ3v) is 5.62. The molecule has 0 N–H and O–H groups in total. The first-order valence-electron chi connectivity index (χ1n) is 7.01. The Morgan fingerprint density at radius 2 is 1.73 bits per heavy atom. The van der Waals surface area contributed by atoms with E-state index in [-0.39, 0.29) is 0 Å². The minimum atomic E-state index is -3.20. The maximum atomic E-state index is 12.4. The molecule has 0 aliphatic heterocycles. The maximum Gasteiger partial charge on any atom is 0.360 e. The third kappa shape index (κ3) is 2.73. The highest BCUT2D eigenvalue weighted by molar-refractivity contribution is 7.62. The van der Waals surface area contributed by atoms with Gasteiger partial charge in [0.2, 0.25) is 0 Å². The normalized spacial score (nSPS) is 11.9. The Bertz CT molecular complexity index is 818. The molecule has 0 saturated heterocycles. The van der Waals surface area contributed by atoms with Gasteiger partial charge >= 0.3 is 7.60 Å². The van der Waals surface area contributed by atoms with Crippen LogP contribution < -0.4 is 5.30 Å². The number of benzene rings is 2. The molecule has 0 saturated carbocycles. The third-order valence-electron chi connectivity index (χ3n) is 3.75. The van der Waals surface area contributed by atoms with Crippen LogP contribution in [0.1, 0.15) is 5.56 Å². The van der Waals surface area contributed by atoms with Crippen molar-refractivity contribution >= 4 is 23.8 Å². The Hall–Kier alpha value is -1.87. The van der Waals surface area contributed by atoms with Crippen LogP contribution in [0.2, 0.25) is 0 Å². The van der Waals surface area contributed by atoms with Crippen molar-refractivity contribution in [3.05, 3.63) is 66.4 Å². The number of fused-ring (bicyclic) bond motifs is 1. The zero-order valence-electron chi connectivity index (χ0n) is 12.6. The Kier molecular flexibility index (Phi) is 4.16. The minimum absolute atomic E-state index is 0.572. The second-order valence-electron chi connectivity index (χ2n) is 5.03. The fraction of sp³-hybridized carbons (Fsp3) is 0.176. The van der Waals surface area contributed by atoms with Crippen LogP contribution in [-0.2, 0) is 20.2 Å². The monoisotopic (exact) mass is 315 g/mol. The Balaban J connectivity index is 1.98. The van der Waals surface area contributed by atoms with E-state index in [1.54, 1.807) is 6.07 Å². The van der Waals surface area contributed by atoms with Gasteiger partial charge in [0.05, 0.1) is 5.30 Å². The molecule has 1 heterocycles. The lowest BCUT2D eigenvalue weighted by Gasteiger charge is -2.14. The topological polar surface area (TPSA) is 40.5 Å². The van der Waals surface area contributed by atoms with Crippen LogP contribution in [0.15, 0.2) is 60.8 Å². The predicted molar refractivity (Wildman–Crippen MR) is 88.7 cm³/mol. The molecule has 0 aliphatic carbocycles. The molecule has 1 aromatic heterocycles. The van der Waals surface area contributed by atoms with Crippen molar-refractivity contribution in [3.63, 3.8) is 0 Å². The molecule has 0 spiro atoms. The predicted octanol–water partition coefficient (Wildman–Crippen LogP) is 3.80. The number of nitrogens with zero attached hydrogens (tertiary/aromatic N) is 1. The largest absolute Gasteiger partial charge is 0.360 e. The highest BCUT2D eigenvalue weighted by Crippen LogP contribution is 2.45. The molecule has 3 aromatic rings. The molecule has 0 amide bonds. The van der Waals surface area contributed by atoms with Crippen molar-refractivity contribution in [1.82, 2.24) is 4.57 Å². The van der Waals surface area contributed by atoms with Gasteiger partial charge in [0, 0.05) is 37.9 Å². The summed E-state index contributed by atoms with van der Waals surface area (Å²) in [4.78, 5) is 0. The summed E-state index contributed by atoms with van der Waals surface area (Å²) in [6.07, 6.45) is 2.03. The summed E-state index contributed by atoms with van der Waals surface area (Å²) in [6.45, 7) is 0.801. The average molecular weight is 315 g/mol. The van der Waals surface area contributed by atoms with E-state index in [9.17, 15) is 4.57 Å². The van der Waals surface area contributed by atoms with Crippen molar-refractivity contribution in [2.75, 3.05) is 14.2 Å². The fourth-order valence-corrected chi connectivity index (χ4v) is 3.69. The number of hydrogen-bond acceptors (Lipinski definition) is 3. The van der Waals surface area contributed by atoms with Crippen molar-refractivity contribution in [2.24, 2.45) is 0 Å². The molecule has 4 nitrogen and oxygen atoms in total. The van der Waals surface area contributed by atoms with Gasteiger partial charge < -0.3 is 13.6 Å². The molecule has 3 rings (SSSR count). The molecular weight excluding hydrogens is 297 g/mol. The van der Waals surface area contributed by atoms with Crippen LogP contribution in [0.25, 0.3) is 10.9 Å². The molecule has 0 bridgehead atoms. The summed E-state index contributed by atoms with van der Waals surface area (Å²) in [5.74, 6) is 0. The first-order chi connectivity index (χ1) is 10.7. The van der Waals surface area contributed by atoms with Crippen LogP contribution in [-0.4, -0.2) is 18.8 Å². The van der Waals surface area contributed by atoms with Gasteiger partial charge in [-0.1, -0.05) is 30.3 Å². The highest BCUT2D eigenvalue weighted by atomic mass is 31.2. The lowest BCUT2D eigenvalue weighted by molar-refractivity contribution is 0.287. The summed E-state index contributed by atoms with van der Waals surface area (Å²) in [5, 5.41) is 1.59. The summed E-state index contributed by atoms with van der Waals surface area (Å²) >= 11 is 0. The average Bonchev–Trinajstić information content (AvgIpc) is 2.97. The molecular formula is C17H18NO3P. The standard InChI is InChI=1S/C17H18NO3P/c1-20-22(19,21-2)16-8-9-17-15(12-16)10-11-18(17)13-14-6-4-3-5-7-14/h3-12H,13H2,1-2H3. The van der Waals surface area contributed by atoms with Crippen molar-refractivity contribution in [2.45, 2.75) is 6.54 Å². The quantitative estimate of drug-likeness (QED) is 0.672. The highest BCUT2D eigenvalue weighted by Gasteiger charge is 2.24. The maximum absolute atomic E-state index is 12.4. The first kappa shape index (κ1) is 15.0. The van der Waals surface area contributed by atoms with Crippen LogP contribution in [0.3, 0.4) is 0 Å². The van der Waals surface area contributed by atoms with E-state index in [2.05, 4.69) is 16.7 Å². The summed E-state index contributed by atoms with van der Waals surface area (Å²) < 4.78 is 24.7. The van der Waals surface area contributed by atoms with E-state index in [1.165, 1.54) is 19.8 Å². The van der Waals surface area contributed by atoms with Crippen LogP contribution in [0.4, 0.5) is 0 Å². The van der Waals surface area contributed by atoms with Crippen LogP contribution in [0, 0.1) is 0 Å². The Morgan fingerprint density at radius 3 is 2.41 bits per heavy atom. The fourth-order valence-electron chi connectivity index (χ4n) is 2.56. The van der Waals surface area contributed by atoms with Crippen LogP contribution in [0.5, 0.6) is 0 Å². The molecule has 0 unspecified atom stereocenters. The van der Waals surface area contributed by atoms with Crippen LogP contribution >= 0.6 is 7.60 Å². The van der Waals surface area contributed by atoms with Crippen molar-refractivity contribution < 1.29 is 13.6 Å². The van der Waals surface area contributed by atoms with Gasteiger partial charge in [0.25, 0.3) is 0 Å². The smallest absolute Gasteiger partial charge is 0.343 e. The van der Waals surface area contributed by atoms with E-state index in [0.717, 1.165) is 17.4 Å². The number of aromatic nitrogens is 1. The number of rotatable bonds is 5. The van der Waals surface area contributed by atoms with Gasteiger partial charge in [0.15, 0.2) is 0 Å². The summed E-state index contributed by atoms with van der Waals surface area (Å²) in [6, 6.07) is 17.9. The zero-order valence-corrected chi connectivity index (χ0v) is 13.5. The van der Waals surface area contributed by atoms with Gasteiger partial charge in [0.1, 0.15) is 0 Å². The molecule has 0 aliphatic rings. The molecule has 0 radical (unpaired) electrons. The summed E-state index contributed by atoms with van der Waals surface area (Å²) in [5.41, 5.74) is 2.33. The molecule has 0 atom stereocenters. The number of hydrogen-bond donors (Lipinski definition) is 0. The minimum Gasteiger partial charge on any atom is -0.343 e. The van der Waals surface area contributed by atoms with Gasteiger partial charge in [-0.25, -0.2) is 0 Å². The van der Waals surface area contributed by atoms with E-state index in [4.69, 9.17) is 9.05 Å². The summed E-state index contributed by atoms with van der Waals surface area (Å²) in [7, 11) is -0.409. The lowest BCUT2D eigenvalue weighted by atomic mass is 10.2. The lowest BCUT2D eigenvalue weighted by Crippen LogP contribution is -2.07. The second kappa shape index (κ2) is 6.09. The van der Waals surface area contributed by atoms with Gasteiger partial charge in [-0.05, 0) is 29.8 Å². The van der Waals surface area contributed by atoms with E-state index in [1.807, 2.05) is 42.6 Å². The molecule has 5 heteroatoms. The van der Waals surface area contributed by atoms with Gasteiger partial charge in [-0.15, -0.1) is 0 Å². The van der Waals surface area contributed by atoms with Crippen molar-refractivity contribution in [3.8, 4) is 0 Å². The first-order valence-corrected chi connectivity index (χ1v) is 8.55. The molecule has 114 valence electrons. The van der Waals surface area contributed by atoms with E-state index < -0.39 is 7.60 Å². The second-order valence-corrected chi connectivity index (χ2v) is 7.28. The molecule has 2 aromatic carbocycles. The molecule has 0 fully saturated rings. The molecule has 22 heavy (non-hydrogen) atoms. The van der Waals surface area contributed by atoms with Crippen molar-refractivity contribution in [1.29, 1.82) is 0 Å². The Labute approximate surface area is 129 Å². The van der Waals surface area contributed by atoms with Gasteiger partial charge in [-0.2, -0.15) is 0 Å². The van der Waals surface area contributed by atoms with Gasteiger partial charge in [-0.3, -0.25) is 4.57 Å². The SMILES string of the molecule is COP(=O)(OC)c1ccc2c(ccn2Cc2ccccc2)c1. The zero-order chi connectivity index (χ0) is 15.6. The van der Waals surface area contributed by atoms with E-state index >= 15 is 0 Å².